The Kier molecular flexibility index (Phi) is 10.2. The van der Waals surface area contributed by atoms with Crippen molar-refractivity contribution in [2.24, 2.45) is 0 Å². The van der Waals surface area contributed by atoms with Crippen LogP contribution in [-0.2, 0) is 14.8 Å². The summed E-state index contributed by atoms with van der Waals surface area (Å²) in [6.07, 6.45) is 7.47. The fourth-order valence-corrected chi connectivity index (χ4v) is 8.49. The van der Waals surface area contributed by atoms with Gasteiger partial charge in [-0.1, -0.05) is 12.1 Å². The van der Waals surface area contributed by atoms with Crippen LogP contribution < -0.4 is 14.8 Å². The van der Waals surface area contributed by atoms with E-state index >= 15 is 0 Å². The number of nitrogens with one attached hydrogen (secondary N) is 3. The molecule has 51 heavy (non-hydrogen) atoms. The molecule has 0 unspecified atom stereocenters. The molecule has 3 aliphatic rings. The SMILES string of the molecule is O=C(NS(=O)(=O)c1ccc(NC2CCC(N3CCN(C4CCOCC4)CC3)CC2)c([N+](=O)[O-])c1)c1ccccc1Oc1cc2cc[nH]c2cc1F. The van der Waals surface area contributed by atoms with Crippen molar-refractivity contribution in [3.63, 3.8) is 0 Å². The molecule has 1 saturated carbocycles. The van der Waals surface area contributed by atoms with Gasteiger partial charge >= 0.3 is 0 Å². The van der Waals surface area contributed by atoms with E-state index in [1.54, 1.807) is 18.3 Å². The third-order valence-corrected chi connectivity index (χ3v) is 11.6. The number of anilines is 1. The Hall–Kier alpha value is -4.57. The van der Waals surface area contributed by atoms with Gasteiger partial charge in [-0.15, -0.1) is 0 Å². The summed E-state index contributed by atoms with van der Waals surface area (Å²) >= 11 is 0. The van der Waals surface area contributed by atoms with Gasteiger partial charge in [-0.3, -0.25) is 24.7 Å². The number of rotatable bonds is 10. The highest BCUT2D eigenvalue weighted by molar-refractivity contribution is 7.90. The van der Waals surface area contributed by atoms with Gasteiger partial charge < -0.3 is 19.8 Å². The molecule has 7 rings (SSSR count). The number of amides is 1. The van der Waals surface area contributed by atoms with Crippen molar-refractivity contribution in [2.45, 2.75) is 61.5 Å². The second kappa shape index (κ2) is 15.0. The predicted molar refractivity (Wildman–Crippen MR) is 189 cm³/mol. The number of aromatic amines is 1. The minimum absolute atomic E-state index is 0.00457. The van der Waals surface area contributed by atoms with Crippen LogP contribution in [-0.4, -0.2) is 91.6 Å². The first-order valence-electron chi connectivity index (χ1n) is 17.4. The highest BCUT2D eigenvalue weighted by atomic mass is 32.2. The third-order valence-electron chi connectivity index (χ3n) is 10.3. The van der Waals surface area contributed by atoms with Crippen LogP contribution in [0.4, 0.5) is 15.8 Å². The number of piperazine rings is 1. The Morgan fingerprint density at radius 1 is 0.902 bits per heavy atom. The molecule has 0 spiro atoms. The van der Waals surface area contributed by atoms with Crippen LogP contribution in [0.25, 0.3) is 10.9 Å². The van der Waals surface area contributed by atoms with Crippen molar-refractivity contribution in [3.8, 4) is 11.5 Å². The van der Waals surface area contributed by atoms with E-state index in [2.05, 4.69) is 20.1 Å². The molecule has 0 radical (unpaired) electrons. The molecule has 0 bridgehead atoms. The van der Waals surface area contributed by atoms with Crippen LogP contribution >= 0.6 is 0 Å². The predicted octanol–water partition coefficient (Wildman–Crippen LogP) is 5.65. The molecule has 3 aromatic carbocycles. The Morgan fingerprint density at radius 3 is 2.29 bits per heavy atom. The number of halogens is 1. The van der Waals surface area contributed by atoms with Crippen LogP contribution in [0.15, 0.2) is 71.8 Å². The molecule has 3 heterocycles. The van der Waals surface area contributed by atoms with Gasteiger partial charge in [0.25, 0.3) is 21.6 Å². The zero-order valence-corrected chi connectivity index (χ0v) is 28.9. The zero-order chi connectivity index (χ0) is 35.5. The number of ether oxygens (including phenoxy) is 2. The molecule has 270 valence electrons. The lowest BCUT2D eigenvalue weighted by Crippen LogP contribution is -2.54. The van der Waals surface area contributed by atoms with E-state index < -0.39 is 37.3 Å². The van der Waals surface area contributed by atoms with Crippen LogP contribution in [0.2, 0.25) is 0 Å². The average Bonchev–Trinajstić information content (AvgIpc) is 3.59. The highest BCUT2D eigenvalue weighted by Crippen LogP contribution is 2.34. The number of benzene rings is 3. The number of nitro groups is 1. The van der Waals surface area contributed by atoms with E-state index in [9.17, 15) is 27.7 Å². The van der Waals surface area contributed by atoms with Gasteiger partial charge in [-0.05, 0) is 74.9 Å². The second-order valence-electron chi connectivity index (χ2n) is 13.4. The fraction of sp³-hybridized carbons (Fsp3) is 0.417. The minimum Gasteiger partial charge on any atom is -0.453 e. The molecule has 3 fully saturated rings. The maximum absolute atomic E-state index is 14.7. The fourth-order valence-electron chi connectivity index (χ4n) is 7.50. The lowest BCUT2D eigenvalue weighted by Gasteiger charge is -2.45. The maximum atomic E-state index is 14.7. The number of nitrogens with zero attached hydrogens (tertiary/aromatic N) is 3. The molecule has 2 aliphatic heterocycles. The summed E-state index contributed by atoms with van der Waals surface area (Å²) in [5.41, 5.74) is 0.208. The first-order valence-corrected chi connectivity index (χ1v) is 18.8. The monoisotopic (exact) mass is 720 g/mol. The largest absolute Gasteiger partial charge is 0.453 e. The van der Waals surface area contributed by atoms with Gasteiger partial charge in [0.2, 0.25) is 0 Å². The quantitative estimate of drug-likeness (QED) is 0.138. The Balaban J connectivity index is 0.974. The molecular formula is C36H41FN6O7S. The summed E-state index contributed by atoms with van der Waals surface area (Å²) in [5, 5.41) is 16.1. The van der Waals surface area contributed by atoms with Crippen molar-refractivity contribution in [1.29, 1.82) is 0 Å². The Morgan fingerprint density at radius 2 is 1.59 bits per heavy atom. The van der Waals surface area contributed by atoms with Gasteiger partial charge in [-0.2, -0.15) is 0 Å². The van der Waals surface area contributed by atoms with Gasteiger partial charge in [0.05, 0.1) is 15.4 Å². The molecule has 2 saturated heterocycles. The van der Waals surface area contributed by atoms with Crippen LogP contribution in [0.5, 0.6) is 11.5 Å². The molecule has 15 heteroatoms. The van der Waals surface area contributed by atoms with E-state index in [1.807, 2.05) is 4.72 Å². The molecule has 1 aliphatic carbocycles. The van der Waals surface area contributed by atoms with Crippen molar-refractivity contribution in [2.75, 3.05) is 44.7 Å². The molecule has 4 aromatic rings. The summed E-state index contributed by atoms with van der Waals surface area (Å²) in [7, 11) is -4.54. The molecule has 1 aromatic heterocycles. The first kappa shape index (κ1) is 34.9. The van der Waals surface area contributed by atoms with Gasteiger partial charge in [0, 0.05) is 86.8 Å². The number of aromatic nitrogens is 1. The Labute approximate surface area is 295 Å². The van der Waals surface area contributed by atoms with Crippen molar-refractivity contribution in [3.05, 3.63) is 88.4 Å². The lowest BCUT2D eigenvalue weighted by molar-refractivity contribution is -0.384. The number of hydrogen-bond acceptors (Lipinski definition) is 10. The number of sulfonamides is 1. The van der Waals surface area contributed by atoms with Gasteiger partial charge in [0.15, 0.2) is 11.6 Å². The molecular weight excluding hydrogens is 679 g/mol. The smallest absolute Gasteiger partial charge is 0.293 e. The van der Waals surface area contributed by atoms with Crippen molar-refractivity contribution in [1.82, 2.24) is 19.5 Å². The number of hydrogen-bond donors (Lipinski definition) is 3. The van der Waals surface area contributed by atoms with Gasteiger partial charge in [-0.25, -0.2) is 17.5 Å². The number of carbonyl (C=O) groups excluding carboxylic acids is 1. The highest BCUT2D eigenvalue weighted by Gasteiger charge is 2.32. The Bertz CT molecular complexity index is 2000. The summed E-state index contributed by atoms with van der Waals surface area (Å²) in [6.45, 7) is 5.90. The number of carbonyl (C=O) groups is 1. The molecule has 3 N–H and O–H groups in total. The van der Waals surface area contributed by atoms with Crippen LogP contribution in [0.1, 0.15) is 48.9 Å². The standard InChI is InChI=1S/C36H41FN6O7S/c37-30-23-32-24(11-14-38-32)21-35(30)50-34-4-2-1-3-29(34)36(44)40-51(47,48)28-9-10-31(33(22-28)43(45)46)39-25-5-7-26(8-6-25)41-15-17-42(18-16-41)27-12-19-49-20-13-27/h1-4,9-11,14,21-23,25-27,38-39H,5-8,12-13,15-20H2,(H,40,44). The summed E-state index contributed by atoms with van der Waals surface area (Å²) in [5.74, 6) is -1.94. The zero-order valence-electron chi connectivity index (χ0n) is 28.1. The van der Waals surface area contributed by atoms with Crippen molar-refractivity contribution >= 4 is 38.2 Å². The lowest BCUT2D eigenvalue weighted by atomic mass is 9.89. The summed E-state index contributed by atoms with van der Waals surface area (Å²) < 4.78 is 54.6. The van der Waals surface area contributed by atoms with Gasteiger partial charge in [0.1, 0.15) is 11.4 Å². The minimum atomic E-state index is -4.54. The van der Waals surface area contributed by atoms with Crippen molar-refractivity contribution < 1.29 is 32.0 Å². The van der Waals surface area contributed by atoms with E-state index in [1.165, 1.54) is 42.5 Å². The number of nitro benzene ring substituents is 1. The molecule has 1 amide bonds. The number of fused-ring (bicyclic) bond motifs is 1. The van der Waals surface area contributed by atoms with E-state index in [0.717, 1.165) is 84.0 Å². The molecule has 13 nitrogen and oxygen atoms in total. The third kappa shape index (κ3) is 7.86. The van der Waals surface area contributed by atoms with E-state index in [-0.39, 0.29) is 28.8 Å². The van der Waals surface area contributed by atoms with Crippen LogP contribution in [0, 0.1) is 15.9 Å². The topological polar surface area (TPSA) is 159 Å². The average molecular weight is 721 g/mol. The molecule has 0 atom stereocenters. The van der Waals surface area contributed by atoms with E-state index in [4.69, 9.17) is 9.47 Å². The number of H-pyrrole nitrogens is 1. The summed E-state index contributed by atoms with van der Waals surface area (Å²) in [4.78, 5) is 32.4. The second-order valence-corrected chi connectivity index (χ2v) is 15.1. The number of para-hydroxylation sites is 1. The normalized spacial score (nSPS) is 21.0. The van der Waals surface area contributed by atoms with E-state index in [0.29, 0.717) is 23.0 Å². The maximum Gasteiger partial charge on any atom is 0.293 e. The first-order chi connectivity index (χ1) is 24.6. The summed E-state index contributed by atoms with van der Waals surface area (Å²) in [6, 6.07) is 14.9. The van der Waals surface area contributed by atoms with Crippen LogP contribution in [0.3, 0.4) is 0 Å².